The summed E-state index contributed by atoms with van der Waals surface area (Å²) in [5, 5.41) is 2.42. The third-order valence-electron chi connectivity index (χ3n) is 5.41. The first-order chi connectivity index (χ1) is 15.5. The molecule has 0 saturated carbocycles. The molecular weight excluding hydrogens is 426 g/mol. The summed E-state index contributed by atoms with van der Waals surface area (Å²) in [5.41, 5.74) is 1.86. The molecule has 0 radical (unpaired) electrons. The molecular formula is C24H23N3O4S. The lowest BCUT2D eigenvalue weighted by Gasteiger charge is -2.17. The molecule has 4 amide bonds. The van der Waals surface area contributed by atoms with Crippen LogP contribution in [-0.4, -0.2) is 52.4 Å². The monoisotopic (exact) mass is 449 g/mol. The summed E-state index contributed by atoms with van der Waals surface area (Å²) in [4.78, 5) is 52.8. The minimum absolute atomic E-state index is 0.0500. The van der Waals surface area contributed by atoms with Crippen molar-refractivity contribution in [3.63, 3.8) is 0 Å². The Labute approximate surface area is 190 Å². The lowest BCUT2D eigenvalue weighted by atomic mass is 10.1. The van der Waals surface area contributed by atoms with Crippen LogP contribution < -0.4 is 5.32 Å². The van der Waals surface area contributed by atoms with Gasteiger partial charge in [0, 0.05) is 32.6 Å². The maximum atomic E-state index is 12.6. The number of benzene rings is 2. The lowest BCUT2D eigenvalue weighted by molar-refractivity contribution is -0.129. The number of likely N-dealkylation sites (tertiary alicyclic amines) is 1. The van der Waals surface area contributed by atoms with E-state index in [2.05, 4.69) is 5.32 Å². The lowest BCUT2D eigenvalue weighted by Crippen LogP contribution is -2.40. The van der Waals surface area contributed by atoms with Crippen LogP contribution in [0.1, 0.15) is 17.5 Å². The first kappa shape index (κ1) is 21.8. The normalized spacial score (nSPS) is 19.8. The Morgan fingerprint density at radius 3 is 2.44 bits per heavy atom. The van der Waals surface area contributed by atoms with Gasteiger partial charge in [-0.15, -0.1) is 0 Å². The van der Waals surface area contributed by atoms with E-state index in [1.54, 1.807) is 11.0 Å². The Morgan fingerprint density at radius 1 is 1.03 bits per heavy atom. The largest absolute Gasteiger partial charge is 0.354 e. The van der Waals surface area contributed by atoms with E-state index in [0.29, 0.717) is 18.0 Å². The molecule has 2 heterocycles. The van der Waals surface area contributed by atoms with Gasteiger partial charge in [0.05, 0.1) is 10.8 Å². The van der Waals surface area contributed by atoms with Gasteiger partial charge in [0.25, 0.3) is 11.1 Å². The Hall–Kier alpha value is -3.39. The summed E-state index contributed by atoms with van der Waals surface area (Å²) in [6.07, 6.45) is 1.86. The number of thioether (sulfide) groups is 1. The smallest absolute Gasteiger partial charge is 0.293 e. The second-order valence-corrected chi connectivity index (χ2v) is 8.69. The molecule has 2 aromatic rings. The minimum Gasteiger partial charge on any atom is -0.354 e. The summed E-state index contributed by atoms with van der Waals surface area (Å²) in [5.74, 6) is -1.08. The van der Waals surface area contributed by atoms with Crippen LogP contribution in [-0.2, 0) is 20.9 Å². The number of hydrogen-bond donors (Lipinski definition) is 1. The van der Waals surface area contributed by atoms with Gasteiger partial charge in [-0.1, -0.05) is 60.7 Å². The third-order valence-corrected chi connectivity index (χ3v) is 6.31. The standard InChI is InChI=1S/C24H23N3O4S/c28-21-14-19(16-26(21)15-18-9-5-2-6-10-18)22(29)25-11-12-27-23(30)20(32-24(27)31)13-17-7-3-1-4-8-17/h1-10,13,19H,11-12,14-16H2,(H,25,29). The topological polar surface area (TPSA) is 86.8 Å². The number of nitrogens with one attached hydrogen (secondary N) is 1. The van der Waals surface area contributed by atoms with Crippen LogP contribution in [0.4, 0.5) is 4.79 Å². The molecule has 0 spiro atoms. The second-order valence-electron chi connectivity index (χ2n) is 7.70. The summed E-state index contributed by atoms with van der Waals surface area (Å²) in [7, 11) is 0. The molecule has 4 rings (SSSR count). The molecule has 32 heavy (non-hydrogen) atoms. The zero-order chi connectivity index (χ0) is 22.5. The van der Waals surface area contributed by atoms with Crippen LogP contribution in [0.25, 0.3) is 6.08 Å². The van der Waals surface area contributed by atoms with Gasteiger partial charge in [-0.05, 0) is 29.0 Å². The highest BCUT2D eigenvalue weighted by Crippen LogP contribution is 2.31. The Kier molecular flexibility index (Phi) is 6.70. The molecule has 0 bridgehead atoms. The maximum Gasteiger partial charge on any atom is 0.293 e. The molecule has 2 fully saturated rings. The average molecular weight is 450 g/mol. The Bertz CT molecular complexity index is 1060. The average Bonchev–Trinajstić information content (AvgIpc) is 3.29. The van der Waals surface area contributed by atoms with Crippen molar-refractivity contribution in [3.8, 4) is 0 Å². The number of amides is 4. The highest BCUT2D eigenvalue weighted by atomic mass is 32.2. The van der Waals surface area contributed by atoms with Crippen LogP contribution >= 0.6 is 11.8 Å². The van der Waals surface area contributed by atoms with Crippen LogP contribution in [0.15, 0.2) is 65.6 Å². The molecule has 2 aliphatic rings. The van der Waals surface area contributed by atoms with Crippen molar-refractivity contribution in [1.29, 1.82) is 0 Å². The molecule has 1 N–H and O–H groups in total. The fraction of sp³-hybridized carbons (Fsp3) is 0.250. The van der Waals surface area contributed by atoms with Gasteiger partial charge >= 0.3 is 0 Å². The van der Waals surface area contributed by atoms with Gasteiger partial charge < -0.3 is 10.2 Å². The van der Waals surface area contributed by atoms with Crippen LogP contribution in [0.5, 0.6) is 0 Å². The van der Waals surface area contributed by atoms with E-state index in [1.165, 1.54) is 0 Å². The van der Waals surface area contributed by atoms with Crippen molar-refractivity contribution < 1.29 is 19.2 Å². The molecule has 2 aromatic carbocycles. The van der Waals surface area contributed by atoms with E-state index < -0.39 is 5.92 Å². The van der Waals surface area contributed by atoms with E-state index in [1.807, 2.05) is 60.7 Å². The molecule has 8 heteroatoms. The Morgan fingerprint density at radius 2 is 1.72 bits per heavy atom. The van der Waals surface area contributed by atoms with Crippen molar-refractivity contribution in [1.82, 2.24) is 15.1 Å². The number of rotatable bonds is 7. The maximum absolute atomic E-state index is 12.6. The van der Waals surface area contributed by atoms with Crippen molar-refractivity contribution in [2.75, 3.05) is 19.6 Å². The molecule has 2 aliphatic heterocycles. The highest BCUT2D eigenvalue weighted by Gasteiger charge is 2.36. The van der Waals surface area contributed by atoms with Gasteiger partial charge in [-0.3, -0.25) is 24.1 Å². The first-order valence-corrected chi connectivity index (χ1v) is 11.2. The SMILES string of the molecule is O=C(NCCN1C(=O)SC(=Cc2ccccc2)C1=O)C1CC(=O)N(Cc2ccccc2)C1. The van der Waals surface area contributed by atoms with E-state index in [0.717, 1.165) is 27.8 Å². The highest BCUT2D eigenvalue weighted by molar-refractivity contribution is 8.18. The zero-order valence-corrected chi connectivity index (χ0v) is 18.2. The number of carbonyl (C=O) groups excluding carboxylic acids is 4. The van der Waals surface area contributed by atoms with E-state index in [4.69, 9.17) is 0 Å². The van der Waals surface area contributed by atoms with Crippen molar-refractivity contribution in [3.05, 3.63) is 76.7 Å². The van der Waals surface area contributed by atoms with Crippen molar-refractivity contribution in [2.45, 2.75) is 13.0 Å². The van der Waals surface area contributed by atoms with Gasteiger partial charge in [-0.2, -0.15) is 0 Å². The number of carbonyl (C=O) groups is 4. The van der Waals surface area contributed by atoms with Gasteiger partial charge in [0.1, 0.15) is 0 Å². The van der Waals surface area contributed by atoms with Crippen LogP contribution in [0, 0.1) is 5.92 Å². The van der Waals surface area contributed by atoms with E-state index >= 15 is 0 Å². The van der Waals surface area contributed by atoms with E-state index in [-0.39, 0.29) is 42.5 Å². The predicted molar refractivity (Wildman–Crippen MR) is 122 cm³/mol. The molecule has 2 saturated heterocycles. The van der Waals surface area contributed by atoms with Crippen LogP contribution in [0.2, 0.25) is 0 Å². The molecule has 164 valence electrons. The van der Waals surface area contributed by atoms with Gasteiger partial charge in [-0.25, -0.2) is 0 Å². The van der Waals surface area contributed by atoms with Gasteiger partial charge in [0.2, 0.25) is 11.8 Å². The number of imide groups is 1. The van der Waals surface area contributed by atoms with Crippen LogP contribution in [0.3, 0.4) is 0 Å². The molecule has 0 aromatic heterocycles. The fourth-order valence-electron chi connectivity index (χ4n) is 3.73. The zero-order valence-electron chi connectivity index (χ0n) is 17.4. The fourth-order valence-corrected chi connectivity index (χ4v) is 4.60. The summed E-state index contributed by atoms with van der Waals surface area (Å²) in [6, 6.07) is 19.0. The number of nitrogens with zero attached hydrogens (tertiary/aromatic N) is 2. The molecule has 7 nitrogen and oxygen atoms in total. The number of hydrogen-bond acceptors (Lipinski definition) is 5. The first-order valence-electron chi connectivity index (χ1n) is 10.4. The summed E-state index contributed by atoms with van der Waals surface area (Å²) in [6.45, 7) is 1.09. The van der Waals surface area contributed by atoms with Crippen molar-refractivity contribution in [2.24, 2.45) is 5.92 Å². The second kappa shape index (κ2) is 9.82. The molecule has 1 atom stereocenters. The molecule has 0 aliphatic carbocycles. The quantitative estimate of drug-likeness (QED) is 0.657. The third kappa shape index (κ3) is 5.08. The summed E-state index contributed by atoms with van der Waals surface area (Å²) >= 11 is 0.897. The van der Waals surface area contributed by atoms with E-state index in [9.17, 15) is 19.2 Å². The van der Waals surface area contributed by atoms with Gasteiger partial charge in [0.15, 0.2) is 0 Å². The Balaban J connectivity index is 1.27. The van der Waals surface area contributed by atoms with Crippen molar-refractivity contribution >= 4 is 40.8 Å². The molecule has 1 unspecified atom stereocenters. The summed E-state index contributed by atoms with van der Waals surface area (Å²) < 4.78 is 0. The minimum atomic E-state index is -0.431. The predicted octanol–water partition coefficient (Wildman–Crippen LogP) is 2.89.